The van der Waals surface area contributed by atoms with Crippen LogP contribution in [0.15, 0.2) is 18.2 Å². The number of hydrogen-bond donors (Lipinski definition) is 1. The van der Waals surface area contributed by atoms with Crippen molar-refractivity contribution in [3.8, 4) is 0 Å². The van der Waals surface area contributed by atoms with Crippen LogP contribution in [0.5, 0.6) is 0 Å². The Balaban J connectivity index is 2.65. The largest absolute Gasteiger partial charge is 0.465 e. The van der Waals surface area contributed by atoms with E-state index in [0.717, 1.165) is 18.7 Å². The first-order chi connectivity index (χ1) is 8.19. The number of unbranched alkanes of at least 4 members (excludes halogenated alkanes) is 2. The molecule has 1 aromatic carbocycles. The predicted octanol–water partition coefficient (Wildman–Crippen LogP) is 3.73. The van der Waals surface area contributed by atoms with Crippen LogP contribution in [0.4, 0.5) is 5.69 Å². The second-order valence-corrected chi connectivity index (χ2v) is 4.23. The highest BCUT2D eigenvalue weighted by atomic mass is 35.5. The van der Waals surface area contributed by atoms with E-state index in [1.807, 2.05) is 6.07 Å². The molecule has 0 unspecified atom stereocenters. The van der Waals surface area contributed by atoms with Gasteiger partial charge in [-0.15, -0.1) is 0 Å². The van der Waals surface area contributed by atoms with Crippen LogP contribution in [0.2, 0.25) is 5.02 Å². The molecule has 0 fully saturated rings. The maximum absolute atomic E-state index is 11.4. The van der Waals surface area contributed by atoms with E-state index in [-0.39, 0.29) is 0 Å². The van der Waals surface area contributed by atoms with Gasteiger partial charge in [0.25, 0.3) is 0 Å². The monoisotopic (exact) mass is 255 g/mol. The van der Waals surface area contributed by atoms with Crippen molar-refractivity contribution in [3.05, 3.63) is 28.8 Å². The minimum atomic E-state index is -0.410. The van der Waals surface area contributed by atoms with Crippen LogP contribution in [0.1, 0.15) is 36.5 Å². The lowest BCUT2D eigenvalue weighted by Gasteiger charge is -2.08. The molecule has 1 rings (SSSR count). The molecule has 1 aromatic rings. The van der Waals surface area contributed by atoms with Crippen molar-refractivity contribution >= 4 is 23.3 Å². The summed E-state index contributed by atoms with van der Waals surface area (Å²) in [6.45, 7) is 3.06. The summed E-state index contributed by atoms with van der Waals surface area (Å²) in [6, 6.07) is 5.29. The maximum atomic E-state index is 11.4. The van der Waals surface area contributed by atoms with Crippen molar-refractivity contribution in [1.82, 2.24) is 0 Å². The van der Waals surface area contributed by atoms with Gasteiger partial charge >= 0.3 is 5.97 Å². The van der Waals surface area contributed by atoms with E-state index >= 15 is 0 Å². The molecule has 0 atom stereocenters. The number of methoxy groups -OCH3 is 1. The molecule has 94 valence electrons. The Morgan fingerprint density at radius 1 is 1.41 bits per heavy atom. The third-order valence-electron chi connectivity index (χ3n) is 2.48. The summed E-state index contributed by atoms with van der Waals surface area (Å²) in [5, 5.41) is 3.67. The standard InChI is InChI=1S/C13H18ClNO2/c1-3-4-5-8-15-10-6-7-12(14)11(9-10)13(16)17-2/h6-7,9,15H,3-5,8H2,1-2H3. The number of esters is 1. The number of nitrogens with one attached hydrogen (secondary N) is 1. The van der Waals surface area contributed by atoms with Crippen LogP contribution in [0, 0.1) is 0 Å². The van der Waals surface area contributed by atoms with Gasteiger partial charge in [0, 0.05) is 12.2 Å². The quantitative estimate of drug-likeness (QED) is 0.622. The summed E-state index contributed by atoms with van der Waals surface area (Å²) in [4.78, 5) is 11.4. The normalized spacial score (nSPS) is 10.1. The second kappa shape index (κ2) is 7.17. The minimum Gasteiger partial charge on any atom is -0.465 e. The van der Waals surface area contributed by atoms with Gasteiger partial charge in [-0.3, -0.25) is 0 Å². The summed E-state index contributed by atoms with van der Waals surface area (Å²) in [6.07, 6.45) is 3.51. The fourth-order valence-corrected chi connectivity index (χ4v) is 1.70. The minimum absolute atomic E-state index is 0.398. The molecular formula is C13H18ClNO2. The molecule has 0 saturated carbocycles. The number of carbonyl (C=O) groups excluding carboxylic acids is 1. The SMILES string of the molecule is CCCCCNc1ccc(Cl)c(C(=O)OC)c1. The molecule has 1 N–H and O–H groups in total. The van der Waals surface area contributed by atoms with Gasteiger partial charge in [-0.2, -0.15) is 0 Å². The van der Waals surface area contributed by atoms with Gasteiger partial charge in [0.05, 0.1) is 17.7 Å². The van der Waals surface area contributed by atoms with Crippen LogP contribution < -0.4 is 5.32 Å². The predicted molar refractivity (Wildman–Crippen MR) is 70.8 cm³/mol. The zero-order chi connectivity index (χ0) is 12.7. The van der Waals surface area contributed by atoms with Gasteiger partial charge < -0.3 is 10.1 Å². The van der Waals surface area contributed by atoms with Gasteiger partial charge in [-0.05, 0) is 24.6 Å². The van der Waals surface area contributed by atoms with Crippen LogP contribution in [-0.2, 0) is 4.74 Å². The summed E-state index contributed by atoms with van der Waals surface area (Å²) in [5.74, 6) is -0.410. The van der Waals surface area contributed by atoms with Crippen molar-refractivity contribution in [2.45, 2.75) is 26.2 Å². The Kier molecular flexibility index (Phi) is 5.84. The van der Waals surface area contributed by atoms with Crippen molar-refractivity contribution in [2.75, 3.05) is 19.0 Å². The molecule has 3 nitrogen and oxygen atoms in total. The number of anilines is 1. The molecule has 0 aliphatic heterocycles. The third-order valence-corrected chi connectivity index (χ3v) is 2.81. The number of halogens is 1. The van der Waals surface area contributed by atoms with Crippen molar-refractivity contribution in [3.63, 3.8) is 0 Å². The lowest BCUT2D eigenvalue weighted by molar-refractivity contribution is 0.0601. The third kappa shape index (κ3) is 4.27. The molecule has 4 heteroatoms. The van der Waals surface area contributed by atoms with E-state index in [2.05, 4.69) is 17.0 Å². The molecule has 0 aliphatic rings. The van der Waals surface area contributed by atoms with Crippen LogP contribution >= 0.6 is 11.6 Å². The fraction of sp³-hybridized carbons (Fsp3) is 0.462. The molecule has 0 saturated heterocycles. The number of hydrogen-bond acceptors (Lipinski definition) is 3. The van der Waals surface area contributed by atoms with Gasteiger partial charge in [-0.1, -0.05) is 31.4 Å². The lowest BCUT2D eigenvalue weighted by Crippen LogP contribution is -2.05. The Morgan fingerprint density at radius 3 is 2.82 bits per heavy atom. The molecule has 0 aliphatic carbocycles. The van der Waals surface area contributed by atoms with Crippen molar-refractivity contribution in [2.24, 2.45) is 0 Å². The Labute approximate surface area is 107 Å². The van der Waals surface area contributed by atoms with Crippen molar-refractivity contribution in [1.29, 1.82) is 0 Å². The van der Waals surface area contributed by atoms with Crippen LogP contribution in [-0.4, -0.2) is 19.6 Å². The Morgan fingerprint density at radius 2 is 2.18 bits per heavy atom. The zero-order valence-electron chi connectivity index (χ0n) is 10.3. The summed E-state index contributed by atoms with van der Waals surface area (Å²) in [5.41, 5.74) is 1.29. The molecule has 0 amide bonds. The lowest BCUT2D eigenvalue weighted by atomic mass is 10.2. The maximum Gasteiger partial charge on any atom is 0.339 e. The number of ether oxygens (including phenoxy) is 1. The first-order valence-electron chi connectivity index (χ1n) is 5.80. The van der Waals surface area contributed by atoms with E-state index in [0.29, 0.717) is 10.6 Å². The fourth-order valence-electron chi connectivity index (χ4n) is 1.51. The van der Waals surface area contributed by atoms with Crippen LogP contribution in [0.3, 0.4) is 0 Å². The number of rotatable bonds is 6. The van der Waals surface area contributed by atoms with E-state index in [1.54, 1.807) is 12.1 Å². The number of benzene rings is 1. The average Bonchev–Trinajstić information content (AvgIpc) is 2.35. The van der Waals surface area contributed by atoms with E-state index < -0.39 is 5.97 Å². The van der Waals surface area contributed by atoms with E-state index in [4.69, 9.17) is 11.6 Å². The molecule has 0 spiro atoms. The topological polar surface area (TPSA) is 38.3 Å². The molecule has 0 heterocycles. The second-order valence-electron chi connectivity index (χ2n) is 3.82. The molecule has 0 bridgehead atoms. The Hall–Kier alpha value is -1.22. The van der Waals surface area contributed by atoms with Gasteiger partial charge in [-0.25, -0.2) is 4.79 Å². The number of carbonyl (C=O) groups is 1. The highest BCUT2D eigenvalue weighted by Gasteiger charge is 2.10. The van der Waals surface area contributed by atoms with Crippen molar-refractivity contribution < 1.29 is 9.53 Å². The van der Waals surface area contributed by atoms with Gasteiger partial charge in [0.1, 0.15) is 0 Å². The smallest absolute Gasteiger partial charge is 0.339 e. The zero-order valence-corrected chi connectivity index (χ0v) is 11.0. The highest BCUT2D eigenvalue weighted by Crippen LogP contribution is 2.21. The Bertz CT molecular complexity index is 380. The average molecular weight is 256 g/mol. The van der Waals surface area contributed by atoms with E-state index in [9.17, 15) is 4.79 Å². The molecular weight excluding hydrogens is 238 g/mol. The molecule has 0 aromatic heterocycles. The highest BCUT2D eigenvalue weighted by molar-refractivity contribution is 6.33. The van der Waals surface area contributed by atoms with Crippen LogP contribution in [0.25, 0.3) is 0 Å². The summed E-state index contributed by atoms with van der Waals surface area (Å²) in [7, 11) is 1.35. The first-order valence-corrected chi connectivity index (χ1v) is 6.18. The first kappa shape index (κ1) is 13.8. The molecule has 17 heavy (non-hydrogen) atoms. The summed E-state index contributed by atoms with van der Waals surface area (Å²) >= 11 is 5.93. The van der Waals surface area contributed by atoms with Gasteiger partial charge in [0.2, 0.25) is 0 Å². The van der Waals surface area contributed by atoms with Gasteiger partial charge in [0.15, 0.2) is 0 Å². The van der Waals surface area contributed by atoms with E-state index in [1.165, 1.54) is 20.0 Å². The summed E-state index contributed by atoms with van der Waals surface area (Å²) < 4.78 is 4.66. The molecule has 0 radical (unpaired) electrons.